The summed E-state index contributed by atoms with van der Waals surface area (Å²) in [5.41, 5.74) is 4.91. The lowest BCUT2D eigenvalue weighted by Gasteiger charge is -2.18. The first-order valence-electron chi connectivity index (χ1n) is 11.6. The Morgan fingerprint density at radius 2 is 1.65 bits per heavy atom. The van der Waals surface area contributed by atoms with E-state index in [4.69, 9.17) is 4.74 Å². The number of fused-ring (bicyclic) bond motifs is 3. The van der Waals surface area contributed by atoms with Gasteiger partial charge in [-0.05, 0) is 41.5 Å². The number of aliphatic carboxylic acids is 1. The van der Waals surface area contributed by atoms with Crippen molar-refractivity contribution in [3.63, 3.8) is 0 Å². The van der Waals surface area contributed by atoms with Gasteiger partial charge in [0, 0.05) is 18.0 Å². The summed E-state index contributed by atoms with van der Waals surface area (Å²) in [4.78, 5) is 36.0. The molecule has 2 amide bonds. The molecular weight excluding hydrogens is 432 g/mol. The Bertz CT molecular complexity index is 1030. The van der Waals surface area contributed by atoms with E-state index in [1.54, 1.807) is 13.0 Å². The van der Waals surface area contributed by atoms with Crippen LogP contribution in [0.4, 0.5) is 4.79 Å². The molecular formula is C27H32N2O5. The Hall–Kier alpha value is -3.61. The molecule has 180 valence electrons. The number of rotatable bonds is 10. The fourth-order valence-electron chi connectivity index (χ4n) is 4.09. The molecule has 2 aromatic rings. The number of carboxylic acids is 1. The number of hydrogen-bond donors (Lipinski definition) is 3. The highest BCUT2D eigenvalue weighted by molar-refractivity contribution is 5.95. The SMILES string of the molecule is CCC(C)CC(NC(=O)/C(C)=C/CNC(=O)OCC1c2ccccc2-c2ccccc21)C(=O)O. The number of hydrogen-bond acceptors (Lipinski definition) is 4. The fraction of sp³-hybridized carbons (Fsp3) is 0.370. The van der Waals surface area contributed by atoms with Crippen LogP contribution in [0.2, 0.25) is 0 Å². The van der Waals surface area contributed by atoms with Crippen molar-refractivity contribution >= 4 is 18.0 Å². The summed E-state index contributed by atoms with van der Waals surface area (Å²) in [5, 5.41) is 14.5. The first kappa shape index (κ1) is 25.0. The number of alkyl carbamates (subject to hydrolysis) is 1. The van der Waals surface area contributed by atoms with Gasteiger partial charge in [0.2, 0.25) is 5.91 Å². The van der Waals surface area contributed by atoms with Gasteiger partial charge in [0.15, 0.2) is 0 Å². The second kappa shape index (κ2) is 11.5. The molecule has 1 aliphatic rings. The standard InChI is InChI=1S/C27H32N2O5/c1-4-17(2)15-24(26(31)32)29-25(30)18(3)13-14-28-27(33)34-16-23-21-11-7-5-9-19(21)20-10-6-8-12-22(20)23/h5-13,17,23-24H,4,14-16H2,1-3H3,(H,28,33)(H,29,30)(H,31,32)/b18-13+. The molecule has 0 saturated carbocycles. The minimum absolute atomic E-state index is 0.0281. The van der Waals surface area contributed by atoms with Crippen LogP contribution in [-0.2, 0) is 14.3 Å². The van der Waals surface area contributed by atoms with Crippen LogP contribution >= 0.6 is 0 Å². The molecule has 0 fully saturated rings. The second-order valence-electron chi connectivity index (χ2n) is 8.71. The highest BCUT2D eigenvalue weighted by Crippen LogP contribution is 2.44. The van der Waals surface area contributed by atoms with Crippen molar-refractivity contribution in [2.75, 3.05) is 13.2 Å². The molecule has 0 aromatic heterocycles. The molecule has 3 N–H and O–H groups in total. The largest absolute Gasteiger partial charge is 0.480 e. The number of ether oxygens (including phenoxy) is 1. The summed E-state index contributed by atoms with van der Waals surface area (Å²) in [6, 6.07) is 15.3. The van der Waals surface area contributed by atoms with Crippen molar-refractivity contribution in [2.24, 2.45) is 5.92 Å². The zero-order chi connectivity index (χ0) is 24.7. The molecule has 0 radical (unpaired) electrons. The van der Waals surface area contributed by atoms with Gasteiger partial charge in [-0.3, -0.25) is 4.79 Å². The van der Waals surface area contributed by atoms with Gasteiger partial charge in [0.05, 0.1) is 0 Å². The van der Waals surface area contributed by atoms with E-state index in [1.165, 1.54) is 0 Å². The van der Waals surface area contributed by atoms with Crippen LogP contribution in [-0.4, -0.2) is 42.3 Å². The van der Waals surface area contributed by atoms with Gasteiger partial charge in [-0.2, -0.15) is 0 Å². The third-order valence-electron chi connectivity index (χ3n) is 6.29. The first-order valence-corrected chi connectivity index (χ1v) is 11.6. The van der Waals surface area contributed by atoms with Crippen LogP contribution in [0.15, 0.2) is 60.2 Å². The lowest BCUT2D eigenvalue weighted by molar-refractivity contribution is -0.141. The molecule has 2 unspecified atom stereocenters. The highest BCUT2D eigenvalue weighted by Gasteiger charge is 2.29. The maximum absolute atomic E-state index is 12.4. The van der Waals surface area contributed by atoms with Gasteiger partial charge in [0.1, 0.15) is 12.6 Å². The predicted molar refractivity (Wildman–Crippen MR) is 130 cm³/mol. The average molecular weight is 465 g/mol. The van der Waals surface area contributed by atoms with E-state index in [0.717, 1.165) is 28.7 Å². The van der Waals surface area contributed by atoms with Crippen LogP contribution in [0.3, 0.4) is 0 Å². The van der Waals surface area contributed by atoms with Gasteiger partial charge in [-0.15, -0.1) is 0 Å². The van der Waals surface area contributed by atoms with Crippen molar-refractivity contribution in [3.8, 4) is 11.1 Å². The summed E-state index contributed by atoms with van der Waals surface area (Å²) in [5.74, 6) is -1.37. The summed E-state index contributed by atoms with van der Waals surface area (Å²) in [6.07, 6.45) is 2.16. The summed E-state index contributed by atoms with van der Waals surface area (Å²) < 4.78 is 5.48. The first-order chi connectivity index (χ1) is 16.3. The average Bonchev–Trinajstić information content (AvgIpc) is 3.15. The predicted octanol–water partition coefficient (Wildman–Crippen LogP) is 4.48. The topological polar surface area (TPSA) is 105 Å². The van der Waals surface area contributed by atoms with E-state index in [2.05, 4.69) is 34.9 Å². The number of carbonyl (C=O) groups is 3. The van der Waals surface area contributed by atoms with Crippen LogP contribution in [0.25, 0.3) is 11.1 Å². The quantitative estimate of drug-likeness (QED) is 0.450. The number of carbonyl (C=O) groups excluding carboxylic acids is 2. The van der Waals surface area contributed by atoms with E-state index in [1.807, 2.05) is 38.1 Å². The number of nitrogens with one attached hydrogen (secondary N) is 2. The van der Waals surface area contributed by atoms with Crippen LogP contribution in [0, 0.1) is 5.92 Å². The third-order valence-corrected chi connectivity index (χ3v) is 6.29. The van der Waals surface area contributed by atoms with Crippen molar-refractivity contribution in [1.82, 2.24) is 10.6 Å². The smallest absolute Gasteiger partial charge is 0.407 e. The minimum Gasteiger partial charge on any atom is -0.480 e. The molecule has 7 nitrogen and oxygen atoms in total. The van der Waals surface area contributed by atoms with Crippen molar-refractivity contribution < 1.29 is 24.2 Å². The van der Waals surface area contributed by atoms with E-state index in [0.29, 0.717) is 12.0 Å². The van der Waals surface area contributed by atoms with Crippen molar-refractivity contribution in [3.05, 3.63) is 71.3 Å². The van der Waals surface area contributed by atoms with E-state index in [-0.39, 0.29) is 25.0 Å². The highest BCUT2D eigenvalue weighted by atomic mass is 16.5. The van der Waals surface area contributed by atoms with E-state index >= 15 is 0 Å². The van der Waals surface area contributed by atoms with Crippen LogP contribution in [0.1, 0.15) is 50.7 Å². The lowest BCUT2D eigenvalue weighted by Crippen LogP contribution is -2.42. The Morgan fingerprint density at radius 3 is 2.21 bits per heavy atom. The molecule has 2 aromatic carbocycles. The monoisotopic (exact) mass is 464 g/mol. The molecule has 34 heavy (non-hydrogen) atoms. The Balaban J connectivity index is 1.50. The maximum atomic E-state index is 12.4. The molecule has 3 rings (SSSR count). The molecule has 0 aliphatic heterocycles. The zero-order valence-electron chi connectivity index (χ0n) is 19.8. The fourth-order valence-corrected chi connectivity index (χ4v) is 4.09. The number of amides is 2. The molecule has 1 aliphatic carbocycles. The molecule has 0 heterocycles. The van der Waals surface area contributed by atoms with Crippen molar-refractivity contribution in [1.29, 1.82) is 0 Å². The number of benzene rings is 2. The van der Waals surface area contributed by atoms with Gasteiger partial charge >= 0.3 is 12.1 Å². The Morgan fingerprint density at radius 1 is 1.06 bits per heavy atom. The maximum Gasteiger partial charge on any atom is 0.407 e. The van der Waals surface area contributed by atoms with Crippen LogP contribution in [0.5, 0.6) is 0 Å². The van der Waals surface area contributed by atoms with Crippen LogP contribution < -0.4 is 10.6 Å². The Labute approximate surface area is 200 Å². The summed E-state index contributed by atoms with van der Waals surface area (Å²) in [7, 11) is 0. The zero-order valence-corrected chi connectivity index (χ0v) is 19.8. The van der Waals surface area contributed by atoms with Gasteiger partial charge < -0.3 is 20.5 Å². The van der Waals surface area contributed by atoms with Gasteiger partial charge in [-0.1, -0.05) is 74.9 Å². The molecule has 0 spiro atoms. The minimum atomic E-state index is -1.06. The molecule has 7 heteroatoms. The normalized spacial score (nSPS) is 14.5. The molecule has 0 bridgehead atoms. The van der Waals surface area contributed by atoms with E-state index in [9.17, 15) is 19.5 Å². The van der Waals surface area contributed by atoms with Crippen molar-refractivity contribution in [2.45, 2.75) is 45.6 Å². The number of carboxylic acid groups (broad SMARTS) is 1. The second-order valence-corrected chi connectivity index (χ2v) is 8.71. The van der Waals surface area contributed by atoms with E-state index < -0.39 is 24.0 Å². The molecule has 0 saturated heterocycles. The lowest BCUT2D eigenvalue weighted by atomic mass is 9.98. The Kier molecular flexibility index (Phi) is 8.46. The molecule has 2 atom stereocenters. The van der Waals surface area contributed by atoms with Gasteiger partial charge in [0.25, 0.3) is 0 Å². The summed E-state index contributed by atoms with van der Waals surface area (Å²) >= 11 is 0. The third kappa shape index (κ3) is 6.04. The van der Waals surface area contributed by atoms with Gasteiger partial charge in [-0.25, -0.2) is 9.59 Å². The summed E-state index contributed by atoms with van der Waals surface area (Å²) in [6.45, 7) is 5.81.